The highest BCUT2D eigenvalue weighted by atomic mass is 32.1. The average molecular weight is 266 g/mol. The Morgan fingerprint density at radius 3 is 2.78 bits per heavy atom. The third-order valence-corrected chi connectivity index (χ3v) is 2.97. The van der Waals surface area contributed by atoms with Gasteiger partial charge in [-0.1, -0.05) is 0 Å². The van der Waals surface area contributed by atoms with E-state index in [4.69, 9.17) is 17.0 Å². The third kappa shape index (κ3) is 3.89. The predicted molar refractivity (Wildman–Crippen MR) is 74.7 cm³/mol. The Labute approximate surface area is 112 Å². The summed E-state index contributed by atoms with van der Waals surface area (Å²) in [6.07, 6.45) is 2.49. The lowest BCUT2D eigenvalue weighted by atomic mass is 10.2. The molecular weight excluding hydrogens is 248 g/mol. The molecule has 1 aliphatic heterocycles. The van der Waals surface area contributed by atoms with Crippen LogP contribution in [-0.2, 0) is 4.74 Å². The normalized spacial score (nSPS) is 18.7. The van der Waals surface area contributed by atoms with E-state index >= 15 is 0 Å². The summed E-state index contributed by atoms with van der Waals surface area (Å²) in [6.45, 7) is 5.45. The molecule has 2 rings (SSSR count). The molecule has 0 bridgehead atoms. The summed E-state index contributed by atoms with van der Waals surface area (Å²) in [5.74, 6) is 0.539. The van der Waals surface area contributed by atoms with Crippen molar-refractivity contribution in [3.63, 3.8) is 0 Å². The smallest absolute Gasteiger partial charge is 0.229 e. The van der Waals surface area contributed by atoms with E-state index in [1.165, 1.54) is 0 Å². The Morgan fingerprint density at radius 2 is 2.17 bits per heavy atom. The average Bonchev–Trinajstić information content (AvgIpc) is 2.77. The Bertz CT molecular complexity index is 412. The van der Waals surface area contributed by atoms with Gasteiger partial charge in [-0.15, -0.1) is 0 Å². The fraction of sp³-hybridized carbons (Fsp3) is 0.583. The van der Waals surface area contributed by atoms with Gasteiger partial charge in [0, 0.05) is 24.5 Å². The van der Waals surface area contributed by atoms with Crippen molar-refractivity contribution in [1.29, 1.82) is 0 Å². The van der Waals surface area contributed by atoms with E-state index in [2.05, 4.69) is 20.6 Å². The zero-order valence-corrected chi connectivity index (χ0v) is 11.5. The number of aryl methyl sites for hydroxylation is 2. The van der Waals surface area contributed by atoms with Crippen molar-refractivity contribution >= 4 is 23.3 Å². The van der Waals surface area contributed by atoms with Crippen molar-refractivity contribution in [2.45, 2.75) is 32.8 Å². The van der Waals surface area contributed by atoms with Crippen LogP contribution in [0, 0.1) is 13.8 Å². The molecule has 0 aliphatic carbocycles. The van der Waals surface area contributed by atoms with Crippen LogP contribution in [0.1, 0.15) is 24.2 Å². The minimum Gasteiger partial charge on any atom is -0.376 e. The first kappa shape index (κ1) is 13.2. The maximum atomic E-state index is 5.51. The van der Waals surface area contributed by atoms with E-state index < -0.39 is 0 Å². The first-order valence-electron chi connectivity index (χ1n) is 6.12. The molecule has 1 aromatic heterocycles. The molecule has 2 heterocycles. The molecule has 0 spiro atoms. The van der Waals surface area contributed by atoms with Gasteiger partial charge < -0.3 is 15.4 Å². The van der Waals surface area contributed by atoms with Crippen LogP contribution >= 0.6 is 12.2 Å². The fourth-order valence-electron chi connectivity index (χ4n) is 1.94. The summed E-state index contributed by atoms with van der Waals surface area (Å²) < 4.78 is 5.51. The van der Waals surface area contributed by atoms with Gasteiger partial charge in [0.2, 0.25) is 5.95 Å². The molecule has 0 aromatic carbocycles. The highest BCUT2D eigenvalue weighted by Crippen LogP contribution is 2.10. The maximum Gasteiger partial charge on any atom is 0.229 e. The van der Waals surface area contributed by atoms with Crippen LogP contribution in [0.25, 0.3) is 0 Å². The van der Waals surface area contributed by atoms with Crippen LogP contribution < -0.4 is 10.6 Å². The van der Waals surface area contributed by atoms with Gasteiger partial charge in [0.05, 0.1) is 6.10 Å². The number of hydrogen-bond acceptors (Lipinski definition) is 4. The summed E-state index contributed by atoms with van der Waals surface area (Å²) in [7, 11) is 0. The standard InChI is InChI=1S/C12H18N4OS/c1-8-6-9(2)15-11(14-8)16-12(18)13-7-10-4-3-5-17-10/h6,10H,3-5,7H2,1-2H3,(H2,13,14,15,16,18)/t10-/m0/s1. The minimum absolute atomic E-state index is 0.268. The van der Waals surface area contributed by atoms with E-state index in [9.17, 15) is 0 Å². The van der Waals surface area contributed by atoms with E-state index in [-0.39, 0.29) is 6.10 Å². The second-order valence-electron chi connectivity index (χ2n) is 4.44. The van der Waals surface area contributed by atoms with E-state index in [1.54, 1.807) is 0 Å². The van der Waals surface area contributed by atoms with Crippen LogP contribution in [0.5, 0.6) is 0 Å². The number of hydrogen-bond donors (Lipinski definition) is 2. The Balaban J connectivity index is 1.82. The molecule has 1 fully saturated rings. The summed E-state index contributed by atoms with van der Waals surface area (Å²) in [5.41, 5.74) is 1.85. The predicted octanol–water partition coefficient (Wildman–Crippen LogP) is 1.56. The summed E-state index contributed by atoms with van der Waals surface area (Å²) in [4.78, 5) is 8.55. The molecule has 0 amide bonds. The number of aromatic nitrogens is 2. The SMILES string of the molecule is Cc1cc(C)nc(NC(=S)NC[C@@H]2CCCO2)n1. The van der Waals surface area contributed by atoms with E-state index in [0.29, 0.717) is 11.1 Å². The molecule has 0 saturated carbocycles. The van der Waals surface area contributed by atoms with Gasteiger partial charge in [-0.25, -0.2) is 9.97 Å². The van der Waals surface area contributed by atoms with Gasteiger partial charge >= 0.3 is 0 Å². The van der Waals surface area contributed by atoms with Crippen molar-refractivity contribution < 1.29 is 4.74 Å². The number of rotatable bonds is 3. The van der Waals surface area contributed by atoms with E-state index in [0.717, 1.165) is 37.4 Å². The number of nitrogens with one attached hydrogen (secondary N) is 2. The highest BCUT2D eigenvalue weighted by Gasteiger charge is 2.15. The monoisotopic (exact) mass is 266 g/mol. The summed E-state index contributed by atoms with van der Waals surface area (Å²) in [5, 5.41) is 6.65. The Kier molecular flexibility index (Phi) is 4.43. The van der Waals surface area contributed by atoms with Crippen molar-refractivity contribution in [3.05, 3.63) is 17.5 Å². The number of nitrogens with zero attached hydrogens (tertiary/aromatic N) is 2. The molecule has 1 aromatic rings. The lowest BCUT2D eigenvalue weighted by Gasteiger charge is -2.13. The lowest BCUT2D eigenvalue weighted by Crippen LogP contribution is -2.35. The first-order chi connectivity index (χ1) is 8.63. The van der Waals surface area contributed by atoms with Crippen LogP contribution in [-0.4, -0.2) is 34.3 Å². The number of thiocarbonyl (C=S) groups is 1. The molecule has 2 N–H and O–H groups in total. The molecular formula is C12H18N4OS. The minimum atomic E-state index is 0.268. The fourth-order valence-corrected chi connectivity index (χ4v) is 2.11. The Hall–Kier alpha value is -1.27. The molecule has 6 heteroatoms. The van der Waals surface area contributed by atoms with Gasteiger partial charge in [0.15, 0.2) is 5.11 Å². The quantitative estimate of drug-likeness (QED) is 0.810. The summed E-state index contributed by atoms with van der Waals surface area (Å²) in [6, 6.07) is 1.92. The molecule has 18 heavy (non-hydrogen) atoms. The second kappa shape index (κ2) is 6.06. The van der Waals surface area contributed by atoms with Crippen LogP contribution in [0.3, 0.4) is 0 Å². The van der Waals surface area contributed by atoms with E-state index in [1.807, 2.05) is 19.9 Å². The molecule has 0 radical (unpaired) electrons. The molecule has 1 saturated heterocycles. The number of ether oxygens (including phenoxy) is 1. The van der Waals surface area contributed by atoms with Crippen LogP contribution in [0.2, 0.25) is 0 Å². The maximum absolute atomic E-state index is 5.51. The molecule has 0 unspecified atom stereocenters. The van der Waals surface area contributed by atoms with Crippen molar-refractivity contribution in [2.24, 2.45) is 0 Å². The zero-order chi connectivity index (χ0) is 13.0. The Morgan fingerprint density at radius 1 is 1.44 bits per heavy atom. The van der Waals surface area contributed by atoms with Crippen LogP contribution in [0.15, 0.2) is 6.07 Å². The van der Waals surface area contributed by atoms with Gasteiger partial charge in [-0.05, 0) is 45.0 Å². The van der Waals surface area contributed by atoms with Crippen LogP contribution in [0.4, 0.5) is 5.95 Å². The molecule has 1 aliphatic rings. The van der Waals surface area contributed by atoms with Crippen molar-refractivity contribution in [2.75, 3.05) is 18.5 Å². The first-order valence-corrected chi connectivity index (χ1v) is 6.53. The topological polar surface area (TPSA) is 59.1 Å². The lowest BCUT2D eigenvalue weighted by molar-refractivity contribution is 0.114. The van der Waals surface area contributed by atoms with Gasteiger partial charge in [0.1, 0.15) is 0 Å². The molecule has 5 nitrogen and oxygen atoms in total. The highest BCUT2D eigenvalue weighted by molar-refractivity contribution is 7.80. The largest absolute Gasteiger partial charge is 0.376 e. The summed E-state index contributed by atoms with van der Waals surface area (Å²) >= 11 is 5.20. The van der Waals surface area contributed by atoms with Gasteiger partial charge in [-0.2, -0.15) is 0 Å². The van der Waals surface area contributed by atoms with Gasteiger partial charge in [-0.3, -0.25) is 0 Å². The second-order valence-corrected chi connectivity index (χ2v) is 4.85. The third-order valence-electron chi connectivity index (χ3n) is 2.72. The molecule has 98 valence electrons. The molecule has 1 atom stereocenters. The number of anilines is 1. The van der Waals surface area contributed by atoms with Gasteiger partial charge in [0.25, 0.3) is 0 Å². The zero-order valence-electron chi connectivity index (χ0n) is 10.7. The van der Waals surface area contributed by atoms with Crippen molar-refractivity contribution in [1.82, 2.24) is 15.3 Å². The van der Waals surface area contributed by atoms with Crippen molar-refractivity contribution in [3.8, 4) is 0 Å².